The number of rotatable bonds is 4. The van der Waals surface area contributed by atoms with Gasteiger partial charge in [0.2, 0.25) is 5.91 Å². The average Bonchev–Trinajstić information content (AvgIpc) is 2.61. The van der Waals surface area contributed by atoms with Crippen molar-refractivity contribution in [1.29, 1.82) is 0 Å². The summed E-state index contributed by atoms with van der Waals surface area (Å²) in [4.78, 5) is 21.7. The zero-order valence-electron chi connectivity index (χ0n) is 13.7. The van der Waals surface area contributed by atoms with Crippen LogP contribution in [0.5, 0.6) is 0 Å². The molecule has 0 bridgehead atoms. The summed E-state index contributed by atoms with van der Waals surface area (Å²) in [5, 5.41) is 11.3. The summed E-state index contributed by atoms with van der Waals surface area (Å²) in [7, 11) is 1.65. The molecule has 2 aromatic carbocycles. The Balaban J connectivity index is 0.000000231. The van der Waals surface area contributed by atoms with E-state index >= 15 is 0 Å². The van der Waals surface area contributed by atoms with E-state index in [1.165, 1.54) is 0 Å². The largest absolute Gasteiger partial charge is 0.481 e. The number of nitrogens with one attached hydrogen (secondary N) is 1. The molecular formula is C19H23NO3. The number of amides is 1. The van der Waals surface area contributed by atoms with Crippen LogP contribution in [0.4, 0.5) is 0 Å². The van der Waals surface area contributed by atoms with Crippen molar-refractivity contribution < 1.29 is 14.7 Å². The SMILES string of the molecule is CNC(=O)[C@@H](C)c1ccccc1.C[C@H](C(=O)O)c1ccccc1. The molecular weight excluding hydrogens is 290 g/mol. The minimum absolute atomic E-state index is 0.0567. The highest BCUT2D eigenvalue weighted by molar-refractivity contribution is 5.82. The van der Waals surface area contributed by atoms with E-state index in [9.17, 15) is 9.59 Å². The molecule has 0 aliphatic carbocycles. The van der Waals surface area contributed by atoms with Gasteiger partial charge in [0.05, 0.1) is 11.8 Å². The second kappa shape index (κ2) is 9.41. The van der Waals surface area contributed by atoms with Gasteiger partial charge in [0.15, 0.2) is 0 Å². The number of carbonyl (C=O) groups is 2. The summed E-state index contributed by atoms with van der Waals surface area (Å²) in [6.45, 7) is 3.58. The Bertz CT molecular complexity index is 611. The lowest BCUT2D eigenvalue weighted by atomic mass is 10.0. The topological polar surface area (TPSA) is 66.4 Å². The molecule has 2 aromatic rings. The highest BCUT2D eigenvalue weighted by atomic mass is 16.4. The van der Waals surface area contributed by atoms with Crippen molar-refractivity contribution in [3.8, 4) is 0 Å². The van der Waals surface area contributed by atoms with Crippen molar-refractivity contribution in [2.24, 2.45) is 0 Å². The maximum absolute atomic E-state index is 11.2. The van der Waals surface area contributed by atoms with Gasteiger partial charge in [0.25, 0.3) is 0 Å². The molecule has 2 atom stereocenters. The molecule has 0 fully saturated rings. The molecule has 0 aromatic heterocycles. The Kier molecular flexibility index (Phi) is 7.54. The zero-order valence-corrected chi connectivity index (χ0v) is 13.7. The van der Waals surface area contributed by atoms with Crippen molar-refractivity contribution in [2.45, 2.75) is 25.7 Å². The van der Waals surface area contributed by atoms with Gasteiger partial charge in [-0.3, -0.25) is 9.59 Å². The molecule has 4 heteroatoms. The highest BCUT2D eigenvalue weighted by Gasteiger charge is 2.12. The van der Waals surface area contributed by atoms with Crippen LogP contribution in [-0.4, -0.2) is 24.0 Å². The van der Waals surface area contributed by atoms with Gasteiger partial charge in [-0.1, -0.05) is 60.7 Å². The highest BCUT2D eigenvalue weighted by Crippen LogP contribution is 2.14. The fourth-order valence-electron chi connectivity index (χ4n) is 1.99. The van der Waals surface area contributed by atoms with E-state index in [0.29, 0.717) is 0 Å². The average molecular weight is 313 g/mol. The van der Waals surface area contributed by atoms with Crippen molar-refractivity contribution in [3.63, 3.8) is 0 Å². The summed E-state index contributed by atoms with van der Waals surface area (Å²) in [5.74, 6) is -1.19. The normalized spacial score (nSPS) is 12.3. The first-order valence-electron chi connectivity index (χ1n) is 7.51. The third-order valence-electron chi connectivity index (χ3n) is 3.61. The molecule has 2 N–H and O–H groups in total. The predicted molar refractivity (Wildman–Crippen MR) is 91.4 cm³/mol. The Morgan fingerprint density at radius 2 is 1.22 bits per heavy atom. The molecule has 0 saturated heterocycles. The standard InChI is InChI=1S/C10H13NO.C9H10O2/c1-8(10(12)11-2)9-6-4-3-5-7-9;1-7(9(10)11)8-5-3-2-4-6-8/h3-8H,1-2H3,(H,11,12);2-7H,1H3,(H,10,11)/t8-;7-/m00/s1. The smallest absolute Gasteiger partial charge is 0.310 e. The van der Waals surface area contributed by atoms with Crippen molar-refractivity contribution >= 4 is 11.9 Å². The minimum atomic E-state index is -0.781. The van der Waals surface area contributed by atoms with Gasteiger partial charge in [-0.25, -0.2) is 0 Å². The summed E-state index contributed by atoms with van der Waals surface area (Å²) in [6, 6.07) is 18.9. The maximum Gasteiger partial charge on any atom is 0.310 e. The number of benzene rings is 2. The quantitative estimate of drug-likeness (QED) is 0.909. The van der Waals surface area contributed by atoms with Crippen molar-refractivity contribution in [2.75, 3.05) is 7.05 Å². The molecule has 122 valence electrons. The molecule has 2 rings (SSSR count). The van der Waals surface area contributed by atoms with Crippen LogP contribution in [0.3, 0.4) is 0 Å². The lowest BCUT2D eigenvalue weighted by Crippen LogP contribution is -2.23. The first-order valence-corrected chi connectivity index (χ1v) is 7.51. The van der Waals surface area contributed by atoms with E-state index in [0.717, 1.165) is 11.1 Å². The monoisotopic (exact) mass is 313 g/mol. The van der Waals surface area contributed by atoms with Crippen LogP contribution in [0.25, 0.3) is 0 Å². The summed E-state index contributed by atoms with van der Waals surface area (Å²) >= 11 is 0. The Morgan fingerprint density at radius 1 is 0.826 bits per heavy atom. The van der Waals surface area contributed by atoms with E-state index in [2.05, 4.69) is 5.32 Å². The molecule has 0 heterocycles. The van der Waals surface area contributed by atoms with Gasteiger partial charge in [0, 0.05) is 7.05 Å². The Labute approximate surface area is 137 Å². The second-order valence-corrected chi connectivity index (χ2v) is 5.22. The van der Waals surface area contributed by atoms with E-state index in [-0.39, 0.29) is 11.8 Å². The van der Waals surface area contributed by atoms with Gasteiger partial charge in [0.1, 0.15) is 0 Å². The van der Waals surface area contributed by atoms with Crippen molar-refractivity contribution in [1.82, 2.24) is 5.32 Å². The number of likely N-dealkylation sites (N-methyl/N-ethyl adjacent to an activating group) is 1. The van der Waals surface area contributed by atoms with Crippen LogP contribution in [0.2, 0.25) is 0 Å². The van der Waals surface area contributed by atoms with Crippen LogP contribution in [0.15, 0.2) is 60.7 Å². The molecule has 23 heavy (non-hydrogen) atoms. The molecule has 1 amide bonds. The van der Waals surface area contributed by atoms with Gasteiger partial charge in [-0.05, 0) is 25.0 Å². The lowest BCUT2D eigenvalue weighted by molar-refractivity contribution is -0.138. The van der Waals surface area contributed by atoms with E-state index in [1.807, 2.05) is 67.6 Å². The molecule has 4 nitrogen and oxygen atoms in total. The fourth-order valence-corrected chi connectivity index (χ4v) is 1.99. The van der Waals surface area contributed by atoms with Crippen LogP contribution >= 0.6 is 0 Å². The van der Waals surface area contributed by atoms with Gasteiger partial charge in [-0.2, -0.15) is 0 Å². The van der Waals surface area contributed by atoms with E-state index < -0.39 is 11.9 Å². The summed E-state index contributed by atoms with van der Waals surface area (Å²) in [5.41, 5.74) is 1.90. The number of carboxylic acid groups (broad SMARTS) is 1. The van der Waals surface area contributed by atoms with Crippen LogP contribution < -0.4 is 5.32 Å². The zero-order chi connectivity index (χ0) is 17.2. The van der Waals surface area contributed by atoms with E-state index in [1.54, 1.807) is 14.0 Å². The summed E-state index contributed by atoms with van der Waals surface area (Å²) < 4.78 is 0. The number of hydrogen-bond acceptors (Lipinski definition) is 2. The van der Waals surface area contributed by atoms with Gasteiger partial charge in [-0.15, -0.1) is 0 Å². The Hall–Kier alpha value is -2.62. The summed E-state index contributed by atoms with van der Waals surface area (Å²) in [6.07, 6.45) is 0. The third kappa shape index (κ3) is 5.94. The number of hydrogen-bond donors (Lipinski definition) is 2. The molecule has 0 aliphatic heterocycles. The van der Waals surface area contributed by atoms with Crippen LogP contribution in [-0.2, 0) is 9.59 Å². The Morgan fingerprint density at radius 3 is 1.57 bits per heavy atom. The van der Waals surface area contributed by atoms with Gasteiger partial charge < -0.3 is 10.4 Å². The first-order chi connectivity index (χ1) is 11.0. The maximum atomic E-state index is 11.2. The fraction of sp³-hybridized carbons (Fsp3) is 0.263. The lowest BCUT2D eigenvalue weighted by Gasteiger charge is -2.08. The van der Waals surface area contributed by atoms with Crippen LogP contribution in [0.1, 0.15) is 36.8 Å². The minimum Gasteiger partial charge on any atom is -0.481 e. The van der Waals surface area contributed by atoms with Crippen LogP contribution in [0, 0.1) is 0 Å². The number of carboxylic acids is 1. The van der Waals surface area contributed by atoms with E-state index in [4.69, 9.17) is 5.11 Å². The molecule has 0 spiro atoms. The second-order valence-electron chi connectivity index (χ2n) is 5.22. The molecule has 0 aliphatic rings. The molecule has 0 radical (unpaired) electrons. The molecule has 0 unspecified atom stereocenters. The first kappa shape index (κ1) is 18.4. The predicted octanol–water partition coefficient (Wildman–Crippen LogP) is 3.41. The third-order valence-corrected chi connectivity index (χ3v) is 3.61. The molecule has 0 saturated carbocycles. The van der Waals surface area contributed by atoms with Gasteiger partial charge >= 0.3 is 5.97 Å². The van der Waals surface area contributed by atoms with Crippen molar-refractivity contribution in [3.05, 3.63) is 71.8 Å². The number of aliphatic carboxylic acids is 1. The number of carbonyl (C=O) groups excluding carboxylic acids is 1.